The van der Waals surface area contributed by atoms with Crippen LogP contribution in [0.4, 0.5) is 4.79 Å². The topological polar surface area (TPSA) is 81.0 Å². The normalized spacial score (nSPS) is 14.3. The molecule has 3 N–H and O–H groups in total. The van der Waals surface area contributed by atoms with Crippen molar-refractivity contribution in [3.63, 3.8) is 0 Å². The van der Waals surface area contributed by atoms with Crippen molar-refractivity contribution in [2.45, 2.75) is 25.8 Å². The standard InChI is InChI=1S/C24H24N4O2/c29-23-19(13-17-6-2-3-7-20(17)27-23)22-14-18-12-16(8-9-21(18)26-22)15-25-24(30)28-10-4-1-5-11-28/h2-3,6-9,12-14,26H,1,4-5,10-11,15H2,(H,25,30)(H,27,29). The lowest BCUT2D eigenvalue weighted by atomic mass is 10.1. The first kappa shape index (κ1) is 18.5. The summed E-state index contributed by atoms with van der Waals surface area (Å²) in [6.45, 7) is 2.17. The second-order valence-corrected chi connectivity index (χ2v) is 7.91. The van der Waals surface area contributed by atoms with Crippen LogP contribution in [0.1, 0.15) is 24.8 Å². The van der Waals surface area contributed by atoms with Crippen LogP contribution in [0.15, 0.2) is 59.4 Å². The molecule has 1 fully saturated rings. The Hall–Kier alpha value is -3.54. The van der Waals surface area contributed by atoms with Gasteiger partial charge in [-0.3, -0.25) is 4.79 Å². The molecule has 0 spiro atoms. The summed E-state index contributed by atoms with van der Waals surface area (Å²) >= 11 is 0. The van der Waals surface area contributed by atoms with Crippen molar-refractivity contribution in [1.29, 1.82) is 0 Å². The van der Waals surface area contributed by atoms with Crippen LogP contribution in [-0.4, -0.2) is 34.0 Å². The molecule has 5 rings (SSSR count). The van der Waals surface area contributed by atoms with Crippen molar-refractivity contribution in [2.75, 3.05) is 13.1 Å². The number of hydrogen-bond acceptors (Lipinski definition) is 2. The van der Waals surface area contributed by atoms with Gasteiger partial charge in [-0.1, -0.05) is 24.3 Å². The monoisotopic (exact) mass is 400 g/mol. The average Bonchev–Trinajstić information content (AvgIpc) is 3.20. The minimum atomic E-state index is -0.116. The highest BCUT2D eigenvalue weighted by atomic mass is 16.2. The molecular weight excluding hydrogens is 376 g/mol. The number of rotatable bonds is 3. The highest BCUT2D eigenvalue weighted by Crippen LogP contribution is 2.24. The summed E-state index contributed by atoms with van der Waals surface area (Å²) in [5, 5.41) is 5.03. The zero-order chi connectivity index (χ0) is 20.5. The molecule has 1 saturated heterocycles. The van der Waals surface area contributed by atoms with Crippen LogP contribution < -0.4 is 10.9 Å². The smallest absolute Gasteiger partial charge is 0.317 e. The number of piperidine rings is 1. The number of carbonyl (C=O) groups is 1. The Balaban J connectivity index is 1.38. The Morgan fingerprint density at radius 2 is 1.70 bits per heavy atom. The van der Waals surface area contributed by atoms with E-state index in [-0.39, 0.29) is 11.6 Å². The van der Waals surface area contributed by atoms with Gasteiger partial charge < -0.3 is 20.2 Å². The Kier molecular flexibility index (Phi) is 4.75. The van der Waals surface area contributed by atoms with E-state index < -0.39 is 0 Å². The fourth-order valence-corrected chi connectivity index (χ4v) is 4.17. The fourth-order valence-electron chi connectivity index (χ4n) is 4.17. The van der Waals surface area contributed by atoms with Crippen molar-refractivity contribution >= 4 is 27.8 Å². The Morgan fingerprint density at radius 3 is 2.57 bits per heavy atom. The number of nitrogens with one attached hydrogen (secondary N) is 3. The van der Waals surface area contributed by atoms with Crippen LogP contribution in [0.5, 0.6) is 0 Å². The lowest BCUT2D eigenvalue weighted by molar-refractivity contribution is 0.186. The lowest BCUT2D eigenvalue weighted by Crippen LogP contribution is -2.42. The van der Waals surface area contributed by atoms with Crippen molar-refractivity contribution < 1.29 is 4.79 Å². The van der Waals surface area contributed by atoms with Crippen LogP contribution in [-0.2, 0) is 6.54 Å². The number of nitrogens with zero attached hydrogens (tertiary/aromatic N) is 1. The van der Waals surface area contributed by atoms with Crippen molar-refractivity contribution in [2.24, 2.45) is 0 Å². The van der Waals surface area contributed by atoms with Gasteiger partial charge in [0.25, 0.3) is 5.56 Å². The molecule has 30 heavy (non-hydrogen) atoms. The summed E-state index contributed by atoms with van der Waals surface area (Å²) < 4.78 is 0. The van der Waals surface area contributed by atoms with Gasteiger partial charge in [-0.2, -0.15) is 0 Å². The van der Waals surface area contributed by atoms with Crippen LogP contribution in [0.3, 0.4) is 0 Å². The third-order valence-electron chi connectivity index (χ3n) is 5.82. The maximum absolute atomic E-state index is 12.6. The molecule has 6 heteroatoms. The number of amides is 2. The van der Waals surface area contributed by atoms with Crippen molar-refractivity contribution in [1.82, 2.24) is 20.2 Å². The predicted octanol–water partition coefficient (Wildman–Crippen LogP) is 4.37. The average molecular weight is 400 g/mol. The van der Waals surface area contributed by atoms with E-state index in [9.17, 15) is 9.59 Å². The summed E-state index contributed by atoms with van der Waals surface area (Å²) in [7, 11) is 0. The molecular formula is C24H24N4O2. The van der Waals surface area contributed by atoms with E-state index in [0.717, 1.165) is 59.0 Å². The number of likely N-dealkylation sites (tertiary alicyclic amines) is 1. The number of benzene rings is 2. The Bertz CT molecular complexity index is 1280. The summed E-state index contributed by atoms with van der Waals surface area (Å²) in [4.78, 5) is 33.1. The van der Waals surface area contributed by atoms with E-state index in [1.165, 1.54) is 6.42 Å². The summed E-state index contributed by atoms with van der Waals surface area (Å²) in [6.07, 6.45) is 3.37. The first-order valence-corrected chi connectivity index (χ1v) is 10.4. The molecule has 1 aliphatic rings. The van der Waals surface area contributed by atoms with E-state index in [1.807, 2.05) is 53.4 Å². The highest BCUT2D eigenvalue weighted by molar-refractivity contribution is 5.89. The summed E-state index contributed by atoms with van der Waals surface area (Å²) in [5.74, 6) is 0. The molecule has 0 radical (unpaired) electrons. The number of H-pyrrole nitrogens is 2. The molecule has 0 aliphatic carbocycles. The number of aromatic nitrogens is 2. The highest BCUT2D eigenvalue weighted by Gasteiger charge is 2.16. The molecule has 3 heterocycles. The third-order valence-corrected chi connectivity index (χ3v) is 5.82. The SMILES string of the molecule is O=C(NCc1ccc2[nH]c(-c3cc4ccccc4[nH]c3=O)cc2c1)N1CCCCC1. The maximum atomic E-state index is 12.6. The van der Waals surface area contributed by atoms with Gasteiger partial charge in [-0.15, -0.1) is 0 Å². The third kappa shape index (κ3) is 3.56. The second-order valence-electron chi connectivity index (χ2n) is 7.91. The first-order chi connectivity index (χ1) is 14.7. The van der Waals surface area contributed by atoms with Crippen LogP contribution in [0, 0.1) is 0 Å². The zero-order valence-corrected chi connectivity index (χ0v) is 16.7. The fraction of sp³-hybridized carbons (Fsp3) is 0.250. The van der Waals surface area contributed by atoms with Crippen LogP contribution in [0.25, 0.3) is 33.1 Å². The van der Waals surface area contributed by atoms with Gasteiger partial charge in [-0.05, 0) is 60.5 Å². The maximum Gasteiger partial charge on any atom is 0.317 e. The number of hydrogen-bond donors (Lipinski definition) is 3. The van der Waals surface area contributed by atoms with Gasteiger partial charge in [0.15, 0.2) is 0 Å². The summed E-state index contributed by atoms with van der Waals surface area (Å²) in [6, 6.07) is 17.7. The van der Waals surface area contributed by atoms with Gasteiger partial charge in [0, 0.05) is 36.1 Å². The second kappa shape index (κ2) is 7.71. The Labute approximate surface area is 173 Å². The molecule has 2 aromatic carbocycles. The number of urea groups is 1. The summed E-state index contributed by atoms with van der Waals surface area (Å²) in [5.41, 5.74) is 4.11. The molecule has 4 aromatic rings. The minimum absolute atomic E-state index is 0.00671. The van der Waals surface area contributed by atoms with Gasteiger partial charge in [-0.25, -0.2) is 4.79 Å². The minimum Gasteiger partial charge on any atom is -0.354 e. The molecule has 1 aliphatic heterocycles. The predicted molar refractivity (Wildman–Crippen MR) is 120 cm³/mol. The Morgan fingerprint density at radius 1 is 0.900 bits per heavy atom. The molecule has 0 saturated carbocycles. The van der Waals surface area contributed by atoms with E-state index in [4.69, 9.17) is 0 Å². The van der Waals surface area contributed by atoms with Gasteiger partial charge in [0.05, 0.1) is 11.3 Å². The van der Waals surface area contributed by atoms with Gasteiger partial charge >= 0.3 is 6.03 Å². The molecule has 152 valence electrons. The van der Waals surface area contributed by atoms with E-state index in [2.05, 4.69) is 21.4 Å². The number of fused-ring (bicyclic) bond motifs is 2. The van der Waals surface area contributed by atoms with Gasteiger partial charge in [0.1, 0.15) is 0 Å². The number of para-hydroxylation sites is 1. The van der Waals surface area contributed by atoms with E-state index in [1.54, 1.807) is 0 Å². The van der Waals surface area contributed by atoms with Crippen molar-refractivity contribution in [3.8, 4) is 11.3 Å². The lowest BCUT2D eigenvalue weighted by Gasteiger charge is -2.26. The molecule has 2 amide bonds. The molecule has 0 bridgehead atoms. The van der Waals surface area contributed by atoms with Crippen molar-refractivity contribution in [3.05, 3.63) is 70.5 Å². The van der Waals surface area contributed by atoms with Crippen LogP contribution in [0.2, 0.25) is 0 Å². The van der Waals surface area contributed by atoms with E-state index in [0.29, 0.717) is 12.1 Å². The number of pyridine rings is 1. The van der Waals surface area contributed by atoms with E-state index >= 15 is 0 Å². The molecule has 2 aromatic heterocycles. The zero-order valence-electron chi connectivity index (χ0n) is 16.7. The molecule has 0 unspecified atom stereocenters. The molecule has 0 atom stereocenters. The van der Waals surface area contributed by atoms with Gasteiger partial charge in [0.2, 0.25) is 0 Å². The number of carbonyl (C=O) groups excluding carboxylic acids is 1. The first-order valence-electron chi connectivity index (χ1n) is 10.4. The molecule has 6 nitrogen and oxygen atoms in total. The largest absolute Gasteiger partial charge is 0.354 e. The quantitative estimate of drug-likeness (QED) is 0.477. The van der Waals surface area contributed by atoms with Crippen LogP contribution >= 0.6 is 0 Å². The number of aromatic amines is 2.